The standard InChI is InChI=1S/C14H19N3O4S.ClH/c15-7-3-8-16-22(20,21)10-4-9-17-13(18)11-5-1-2-6-12(11)14(17)19;/h1-2,5-6,16H,3-4,7-10,15H2;1H. The molecule has 1 aliphatic rings. The van der Waals surface area contributed by atoms with Crippen LogP contribution in [-0.4, -0.2) is 50.5 Å². The molecule has 1 aromatic rings. The lowest BCUT2D eigenvalue weighted by Gasteiger charge is -2.13. The summed E-state index contributed by atoms with van der Waals surface area (Å²) >= 11 is 0. The maximum absolute atomic E-state index is 12.1. The molecule has 0 saturated heterocycles. The third kappa shape index (κ3) is 4.74. The van der Waals surface area contributed by atoms with E-state index in [0.29, 0.717) is 30.6 Å². The highest BCUT2D eigenvalue weighted by atomic mass is 35.5. The molecule has 0 spiro atoms. The van der Waals surface area contributed by atoms with Gasteiger partial charge in [0, 0.05) is 13.1 Å². The van der Waals surface area contributed by atoms with Crippen molar-refractivity contribution >= 4 is 34.2 Å². The van der Waals surface area contributed by atoms with Crippen LogP contribution in [0.15, 0.2) is 24.3 Å². The van der Waals surface area contributed by atoms with Gasteiger partial charge in [0.05, 0.1) is 16.9 Å². The summed E-state index contributed by atoms with van der Waals surface area (Å²) in [6.45, 7) is 0.799. The molecule has 7 nitrogen and oxygen atoms in total. The van der Waals surface area contributed by atoms with Gasteiger partial charge in [-0.05, 0) is 31.5 Å². The molecule has 128 valence electrons. The minimum Gasteiger partial charge on any atom is -0.330 e. The molecule has 1 aromatic carbocycles. The van der Waals surface area contributed by atoms with Gasteiger partial charge in [0.1, 0.15) is 0 Å². The average Bonchev–Trinajstić information content (AvgIpc) is 2.73. The highest BCUT2D eigenvalue weighted by molar-refractivity contribution is 7.89. The molecule has 0 unspecified atom stereocenters. The second-order valence-electron chi connectivity index (χ2n) is 5.02. The first-order valence-corrected chi connectivity index (χ1v) is 8.74. The van der Waals surface area contributed by atoms with Crippen LogP contribution in [0.1, 0.15) is 33.6 Å². The van der Waals surface area contributed by atoms with E-state index in [0.717, 1.165) is 4.90 Å². The SMILES string of the molecule is Cl.NCCCNS(=O)(=O)CCCN1C(=O)c2ccccc2C1=O. The zero-order valence-electron chi connectivity index (χ0n) is 12.5. The Balaban J connectivity index is 0.00000264. The van der Waals surface area contributed by atoms with Gasteiger partial charge in [-0.3, -0.25) is 14.5 Å². The number of nitrogens with two attached hydrogens (primary N) is 1. The van der Waals surface area contributed by atoms with Crippen LogP contribution in [0.2, 0.25) is 0 Å². The number of hydrogen-bond acceptors (Lipinski definition) is 5. The Bertz CT molecular complexity index is 643. The Morgan fingerprint density at radius 1 is 1.04 bits per heavy atom. The van der Waals surface area contributed by atoms with Crippen LogP contribution >= 0.6 is 12.4 Å². The summed E-state index contributed by atoms with van der Waals surface area (Å²) in [5.41, 5.74) is 6.04. The number of nitrogens with one attached hydrogen (secondary N) is 1. The lowest BCUT2D eigenvalue weighted by Crippen LogP contribution is -2.34. The maximum Gasteiger partial charge on any atom is 0.261 e. The summed E-state index contributed by atoms with van der Waals surface area (Å²) < 4.78 is 25.9. The molecule has 0 fully saturated rings. The molecule has 1 heterocycles. The van der Waals surface area contributed by atoms with Crippen LogP contribution in [0, 0.1) is 0 Å². The number of sulfonamides is 1. The van der Waals surface area contributed by atoms with E-state index in [2.05, 4.69) is 4.72 Å². The van der Waals surface area contributed by atoms with E-state index in [1.165, 1.54) is 0 Å². The topological polar surface area (TPSA) is 110 Å². The van der Waals surface area contributed by atoms with Crippen molar-refractivity contribution in [1.82, 2.24) is 9.62 Å². The number of fused-ring (bicyclic) bond motifs is 1. The van der Waals surface area contributed by atoms with Crippen molar-refractivity contribution in [2.24, 2.45) is 5.73 Å². The molecule has 2 amide bonds. The normalized spacial score (nSPS) is 13.9. The molecule has 3 N–H and O–H groups in total. The summed E-state index contributed by atoms with van der Waals surface area (Å²) in [7, 11) is -3.40. The first-order valence-electron chi connectivity index (χ1n) is 7.09. The summed E-state index contributed by atoms with van der Waals surface area (Å²) in [6, 6.07) is 6.58. The predicted octanol–water partition coefficient (Wildman–Crippen LogP) is 0.363. The number of nitrogens with zero attached hydrogens (tertiary/aromatic N) is 1. The molecule has 0 aromatic heterocycles. The van der Waals surface area contributed by atoms with Crippen molar-refractivity contribution in [3.8, 4) is 0 Å². The van der Waals surface area contributed by atoms with Crippen molar-refractivity contribution in [3.05, 3.63) is 35.4 Å². The Hall–Kier alpha value is -1.48. The van der Waals surface area contributed by atoms with Gasteiger partial charge in [-0.25, -0.2) is 13.1 Å². The number of rotatable bonds is 8. The first kappa shape index (κ1) is 19.6. The van der Waals surface area contributed by atoms with Crippen LogP contribution in [0.3, 0.4) is 0 Å². The molecular weight excluding hydrogens is 342 g/mol. The summed E-state index contributed by atoms with van der Waals surface area (Å²) in [4.78, 5) is 25.3. The monoisotopic (exact) mass is 361 g/mol. The van der Waals surface area contributed by atoms with Gasteiger partial charge < -0.3 is 5.73 Å². The zero-order valence-corrected chi connectivity index (χ0v) is 14.2. The van der Waals surface area contributed by atoms with Crippen LogP contribution in [0.25, 0.3) is 0 Å². The van der Waals surface area contributed by atoms with E-state index in [1.54, 1.807) is 24.3 Å². The first-order chi connectivity index (χ1) is 10.5. The van der Waals surface area contributed by atoms with E-state index in [9.17, 15) is 18.0 Å². The second kappa shape index (κ2) is 8.39. The lowest BCUT2D eigenvalue weighted by molar-refractivity contribution is 0.0654. The van der Waals surface area contributed by atoms with Gasteiger partial charge in [-0.1, -0.05) is 12.1 Å². The molecule has 2 rings (SSSR count). The van der Waals surface area contributed by atoms with E-state index >= 15 is 0 Å². The molecular formula is C14H20ClN3O4S. The van der Waals surface area contributed by atoms with E-state index in [4.69, 9.17) is 5.73 Å². The molecule has 0 radical (unpaired) electrons. The Labute approximate surface area is 141 Å². The number of imide groups is 1. The zero-order chi connectivity index (χ0) is 16.2. The molecule has 0 bridgehead atoms. The van der Waals surface area contributed by atoms with E-state index in [1.807, 2.05) is 0 Å². The molecule has 0 atom stereocenters. The molecule has 1 aliphatic heterocycles. The molecule has 9 heteroatoms. The van der Waals surface area contributed by atoms with E-state index < -0.39 is 10.0 Å². The third-order valence-electron chi connectivity index (χ3n) is 3.38. The van der Waals surface area contributed by atoms with Gasteiger partial charge in [0.2, 0.25) is 10.0 Å². The highest BCUT2D eigenvalue weighted by Gasteiger charge is 2.34. The number of benzene rings is 1. The van der Waals surface area contributed by atoms with Crippen molar-refractivity contribution < 1.29 is 18.0 Å². The van der Waals surface area contributed by atoms with Crippen LogP contribution in [0.5, 0.6) is 0 Å². The fourth-order valence-corrected chi connectivity index (χ4v) is 3.37. The van der Waals surface area contributed by atoms with Crippen molar-refractivity contribution in [1.29, 1.82) is 0 Å². The van der Waals surface area contributed by atoms with Gasteiger partial charge in [0.15, 0.2) is 0 Å². The lowest BCUT2D eigenvalue weighted by atomic mass is 10.1. The largest absolute Gasteiger partial charge is 0.330 e. The van der Waals surface area contributed by atoms with Crippen LogP contribution < -0.4 is 10.5 Å². The summed E-state index contributed by atoms with van der Waals surface area (Å²) in [5.74, 6) is -0.867. The van der Waals surface area contributed by atoms with Crippen molar-refractivity contribution in [2.45, 2.75) is 12.8 Å². The van der Waals surface area contributed by atoms with Crippen molar-refractivity contribution in [3.63, 3.8) is 0 Å². The Morgan fingerprint density at radius 3 is 2.13 bits per heavy atom. The Kier molecular flexibility index (Phi) is 7.14. The van der Waals surface area contributed by atoms with Gasteiger partial charge >= 0.3 is 0 Å². The summed E-state index contributed by atoms with van der Waals surface area (Å²) in [5, 5.41) is 0. The second-order valence-corrected chi connectivity index (χ2v) is 6.94. The smallest absolute Gasteiger partial charge is 0.261 e. The summed E-state index contributed by atoms with van der Waals surface area (Å²) in [6.07, 6.45) is 0.765. The van der Waals surface area contributed by atoms with Crippen LogP contribution in [0.4, 0.5) is 0 Å². The van der Waals surface area contributed by atoms with Crippen molar-refractivity contribution in [2.75, 3.05) is 25.4 Å². The molecule has 23 heavy (non-hydrogen) atoms. The Morgan fingerprint density at radius 2 is 1.61 bits per heavy atom. The fourth-order valence-electron chi connectivity index (χ4n) is 2.26. The van der Waals surface area contributed by atoms with Gasteiger partial charge in [-0.15, -0.1) is 12.4 Å². The number of carbonyl (C=O) groups is 2. The minimum absolute atomic E-state index is 0. The third-order valence-corrected chi connectivity index (χ3v) is 4.85. The fraction of sp³-hybridized carbons (Fsp3) is 0.429. The van der Waals surface area contributed by atoms with Crippen LogP contribution in [-0.2, 0) is 10.0 Å². The number of hydrogen-bond donors (Lipinski definition) is 2. The number of halogens is 1. The van der Waals surface area contributed by atoms with E-state index in [-0.39, 0.29) is 42.9 Å². The maximum atomic E-state index is 12.1. The molecule has 0 aliphatic carbocycles. The number of amides is 2. The average molecular weight is 362 g/mol. The van der Waals surface area contributed by atoms with Gasteiger partial charge in [-0.2, -0.15) is 0 Å². The predicted molar refractivity (Wildman–Crippen MR) is 89.1 cm³/mol. The van der Waals surface area contributed by atoms with Gasteiger partial charge in [0.25, 0.3) is 11.8 Å². The molecule has 0 saturated carbocycles. The quantitative estimate of drug-likeness (QED) is 0.513. The minimum atomic E-state index is -3.40. The highest BCUT2D eigenvalue weighted by Crippen LogP contribution is 2.22. The number of carbonyl (C=O) groups excluding carboxylic acids is 2.